The molecule has 3 rings (SSSR count). The zero-order chi connectivity index (χ0) is 16.2. The Kier molecular flexibility index (Phi) is 5.29. The Morgan fingerprint density at radius 2 is 1.52 bits per heavy atom. The first-order chi connectivity index (χ1) is 11.1. The van der Waals surface area contributed by atoms with E-state index in [2.05, 4.69) is 16.9 Å². The largest absolute Gasteiger partial charge is 0.588 e. The molecule has 0 amide bonds. The van der Waals surface area contributed by atoms with E-state index >= 15 is 0 Å². The van der Waals surface area contributed by atoms with E-state index in [9.17, 15) is 4.55 Å². The van der Waals surface area contributed by atoms with Crippen LogP contribution in [0, 0.1) is 13.8 Å². The highest BCUT2D eigenvalue weighted by atomic mass is 32.2. The highest BCUT2D eigenvalue weighted by Gasteiger charge is 2.18. The molecule has 1 N–H and O–H groups in total. The van der Waals surface area contributed by atoms with Crippen LogP contribution in [0.1, 0.15) is 54.7 Å². The van der Waals surface area contributed by atoms with Crippen LogP contribution >= 0.6 is 0 Å². The Balaban J connectivity index is 1.71. The molecule has 2 aromatic rings. The first-order valence-corrected chi connectivity index (χ1v) is 9.65. The molecule has 1 aliphatic rings. The monoisotopic (exact) mass is 327 g/mol. The Morgan fingerprint density at radius 3 is 2.13 bits per heavy atom. The first-order valence-electron chi connectivity index (χ1n) is 8.50. The second-order valence-electron chi connectivity index (χ2n) is 6.54. The molecular formula is C20H25NOS. The summed E-state index contributed by atoms with van der Waals surface area (Å²) in [6.07, 6.45) is 6.64. The molecule has 0 heterocycles. The summed E-state index contributed by atoms with van der Waals surface area (Å²) in [6, 6.07) is 14.5. The minimum atomic E-state index is -1.22. The molecule has 3 heteroatoms. The molecule has 0 saturated heterocycles. The molecule has 0 bridgehead atoms. The highest BCUT2D eigenvalue weighted by Crippen LogP contribution is 2.33. The molecule has 23 heavy (non-hydrogen) atoms. The topological polar surface area (TPSA) is 35.1 Å². The first kappa shape index (κ1) is 16.4. The number of anilines is 1. The fraction of sp³-hybridized carbons (Fsp3) is 0.400. The van der Waals surface area contributed by atoms with Crippen LogP contribution in [0.3, 0.4) is 0 Å². The van der Waals surface area contributed by atoms with Crippen molar-refractivity contribution >= 4 is 17.0 Å². The predicted molar refractivity (Wildman–Crippen MR) is 98.2 cm³/mol. The van der Waals surface area contributed by atoms with Gasteiger partial charge in [0.05, 0.1) is 5.69 Å². The fourth-order valence-electron chi connectivity index (χ4n) is 3.43. The Hall–Kier alpha value is -1.45. The van der Waals surface area contributed by atoms with Gasteiger partial charge in [-0.25, -0.2) is 4.72 Å². The average molecular weight is 327 g/mol. The maximum atomic E-state index is 12.6. The maximum Gasteiger partial charge on any atom is 0.179 e. The van der Waals surface area contributed by atoms with Crippen LogP contribution in [0.4, 0.5) is 5.69 Å². The summed E-state index contributed by atoms with van der Waals surface area (Å²) in [5, 5.41) is 0. The van der Waals surface area contributed by atoms with Crippen molar-refractivity contribution in [2.45, 2.75) is 56.8 Å². The van der Waals surface area contributed by atoms with Gasteiger partial charge in [-0.2, -0.15) is 0 Å². The van der Waals surface area contributed by atoms with E-state index in [1.165, 1.54) is 37.7 Å². The molecule has 1 saturated carbocycles. The zero-order valence-electron chi connectivity index (χ0n) is 14.0. The van der Waals surface area contributed by atoms with E-state index in [1.54, 1.807) is 0 Å². The lowest BCUT2D eigenvalue weighted by Crippen LogP contribution is -2.15. The minimum absolute atomic E-state index is 0.692. The number of aryl methyl sites for hydroxylation is 2. The van der Waals surface area contributed by atoms with E-state index < -0.39 is 11.4 Å². The third-order valence-electron chi connectivity index (χ3n) is 4.85. The maximum absolute atomic E-state index is 12.6. The van der Waals surface area contributed by atoms with Crippen molar-refractivity contribution in [3.63, 3.8) is 0 Å². The number of hydrogen-bond acceptors (Lipinski definition) is 2. The van der Waals surface area contributed by atoms with Crippen molar-refractivity contribution in [1.29, 1.82) is 0 Å². The molecule has 122 valence electrons. The number of rotatable bonds is 4. The van der Waals surface area contributed by atoms with Gasteiger partial charge in [-0.05, 0) is 61.4 Å². The van der Waals surface area contributed by atoms with Gasteiger partial charge in [0.2, 0.25) is 0 Å². The van der Waals surface area contributed by atoms with E-state index in [0.29, 0.717) is 5.92 Å². The zero-order valence-corrected chi connectivity index (χ0v) is 14.8. The highest BCUT2D eigenvalue weighted by molar-refractivity contribution is 7.92. The number of para-hydroxylation sites is 1. The summed E-state index contributed by atoms with van der Waals surface area (Å²) in [7, 11) is 0. The molecule has 2 nitrogen and oxygen atoms in total. The van der Waals surface area contributed by atoms with Crippen LogP contribution in [0.25, 0.3) is 0 Å². The summed E-state index contributed by atoms with van der Waals surface area (Å²) in [5.74, 6) is 0.692. The minimum Gasteiger partial charge on any atom is -0.588 e. The third-order valence-corrected chi connectivity index (χ3v) is 5.94. The SMILES string of the molecule is Cc1cccc(C)c1N[S+]([O-])c1ccc(C2CCCCC2)cc1. The van der Waals surface area contributed by atoms with Crippen LogP contribution in [0.5, 0.6) is 0 Å². The van der Waals surface area contributed by atoms with Gasteiger partial charge in [-0.15, -0.1) is 0 Å². The van der Waals surface area contributed by atoms with Gasteiger partial charge in [0, 0.05) is 0 Å². The summed E-state index contributed by atoms with van der Waals surface area (Å²) < 4.78 is 15.8. The van der Waals surface area contributed by atoms with Gasteiger partial charge in [-0.3, -0.25) is 0 Å². The Bertz CT molecular complexity index is 627. The van der Waals surface area contributed by atoms with Gasteiger partial charge >= 0.3 is 0 Å². The summed E-state index contributed by atoms with van der Waals surface area (Å²) >= 11 is -1.22. The molecule has 0 spiro atoms. The van der Waals surface area contributed by atoms with Gasteiger partial charge in [0.1, 0.15) is 11.4 Å². The van der Waals surface area contributed by atoms with E-state index in [-0.39, 0.29) is 0 Å². The van der Waals surface area contributed by atoms with E-state index in [4.69, 9.17) is 0 Å². The predicted octanol–water partition coefficient (Wildman–Crippen LogP) is 5.49. The van der Waals surface area contributed by atoms with Gasteiger partial charge in [-0.1, -0.05) is 49.6 Å². The summed E-state index contributed by atoms with van der Waals surface area (Å²) in [6.45, 7) is 4.08. The van der Waals surface area contributed by atoms with Gasteiger partial charge < -0.3 is 4.55 Å². The van der Waals surface area contributed by atoms with Crippen LogP contribution in [0.2, 0.25) is 0 Å². The third kappa shape index (κ3) is 3.91. The Morgan fingerprint density at radius 1 is 0.913 bits per heavy atom. The lowest BCUT2D eigenvalue weighted by Gasteiger charge is -2.22. The van der Waals surface area contributed by atoms with E-state index in [0.717, 1.165) is 21.7 Å². The molecule has 1 aliphatic carbocycles. The van der Waals surface area contributed by atoms with E-state index in [1.807, 2.05) is 44.2 Å². The molecule has 0 radical (unpaired) electrons. The molecule has 0 aliphatic heterocycles. The van der Waals surface area contributed by atoms with Gasteiger partial charge in [0.15, 0.2) is 4.90 Å². The van der Waals surface area contributed by atoms with Crippen molar-refractivity contribution in [3.05, 3.63) is 59.2 Å². The van der Waals surface area contributed by atoms with Crippen molar-refractivity contribution < 1.29 is 4.55 Å². The fourth-order valence-corrected chi connectivity index (χ4v) is 4.44. The van der Waals surface area contributed by atoms with Crippen LogP contribution in [0.15, 0.2) is 47.4 Å². The quantitative estimate of drug-likeness (QED) is 0.754. The lowest BCUT2D eigenvalue weighted by molar-refractivity contribution is 0.443. The molecule has 2 aromatic carbocycles. The van der Waals surface area contributed by atoms with Crippen molar-refractivity contribution in [3.8, 4) is 0 Å². The van der Waals surface area contributed by atoms with Crippen LogP contribution in [-0.4, -0.2) is 4.55 Å². The van der Waals surface area contributed by atoms with Crippen LogP contribution in [-0.2, 0) is 11.4 Å². The molecule has 0 aromatic heterocycles. The van der Waals surface area contributed by atoms with Crippen molar-refractivity contribution in [2.75, 3.05) is 4.72 Å². The Labute approximate surface area is 142 Å². The normalized spacial score (nSPS) is 17.0. The number of nitrogens with one attached hydrogen (secondary N) is 1. The lowest BCUT2D eigenvalue weighted by atomic mass is 9.84. The number of hydrogen-bond donors (Lipinski definition) is 1. The van der Waals surface area contributed by atoms with Crippen molar-refractivity contribution in [2.24, 2.45) is 0 Å². The molecular weight excluding hydrogens is 302 g/mol. The standard InChI is InChI=1S/C20H25NOS/c1-15-7-6-8-16(2)20(15)21-23(22)19-13-11-18(12-14-19)17-9-4-3-5-10-17/h6-8,11-14,17,21H,3-5,9-10H2,1-2H3. The second kappa shape index (κ2) is 7.41. The van der Waals surface area contributed by atoms with Crippen molar-refractivity contribution in [1.82, 2.24) is 0 Å². The second-order valence-corrected chi connectivity index (χ2v) is 7.75. The smallest absolute Gasteiger partial charge is 0.179 e. The summed E-state index contributed by atoms with van der Waals surface area (Å²) in [5.41, 5.74) is 4.62. The summed E-state index contributed by atoms with van der Waals surface area (Å²) in [4.78, 5) is 0.840. The van der Waals surface area contributed by atoms with Gasteiger partial charge in [0.25, 0.3) is 0 Å². The molecule has 1 atom stereocenters. The average Bonchev–Trinajstić information content (AvgIpc) is 2.59. The number of benzene rings is 2. The van der Waals surface area contributed by atoms with Crippen LogP contribution < -0.4 is 4.72 Å². The molecule has 1 fully saturated rings. The molecule has 1 unspecified atom stereocenters.